The Kier molecular flexibility index (Phi) is 3.08. The monoisotopic (exact) mass is 292 g/mol. The van der Waals surface area contributed by atoms with Crippen LogP contribution in [0.2, 0.25) is 0 Å². The third-order valence-electron chi connectivity index (χ3n) is 3.14. The third-order valence-corrected chi connectivity index (χ3v) is 3.14. The first-order chi connectivity index (χ1) is 10.0. The van der Waals surface area contributed by atoms with Crippen LogP contribution in [0.15, 0.2) is 48.7 Å². The SMILES string of the molecule is COc1ccc2nc(-c3ccccc3)c(C(F)(F)F)n2c1. The van der Waals surface area contributed by atoms with Crippen molar-refractivity contribution in [2.45, 2.75) is 6.18 Å². The highest BCUT2D eigenvalue weighted by molar-refractivity contribution is 5.67. The molecule has 2 aromatic heterocycles. The molecule has 0 unspecified atom stereocenters. The Balaban J connectivity index is 2.34. The molecular weight excluding hydrogens is 281 g/mol. The molecule has 0 aliphatic rings. The van der Waals surface area contributed by atoms with E-state index in [1.165, 1.54) is 19.4 Å². The fourth-order valence-electron chi connectivity index (χ4n) is 2.21. The maximum Gasteiger partial charge on any atom is 0.433 e. The maximum atomic E-state index is 13.4. The Bertz CT molecular complexity index is 779. The number of benzene rings is 1. The molecule has 0 aliphatic heterocycles. The van der Waals surface area contributed by atoms with Crippen LogP contribution in [0.5, 0.6) is 5.75 Å². The topological polar surface area (TPSA) is 26.5 Å². The number of imidazole rings is 1. The van der Waals surface area contributed by atoms with Crippen LogP contribution in [-0.4, -0.2) is 16.5 Å². The normalized spacial score (nSPS) is 11.8. The van der Waals surface area contributed by atoms with Gasteiger partial charge in [-0.1, -0.05) is 30.3 Å². The van der Waals surface area contributed by atoms with E-state index in [9.17, 15) is 13.2 Å². The highest BCUT2D eigenvalue weighted by atomic mass is 19.4. The van der Waals surface area contributed by atoms with E-state index >= 15 is 0 Å². The molecule has 0 saturated carbocycles. The predicted octanol–water partition coefficient (Wildman–Crippen LogP) is 4.03. The van der Waals surface area contributed by atoms with Crippen molar-refractivity contribution in [3.8, 4) is 17.0 Å². The van der Waals surface area contributed by atoms with E-state index in [2.05, 4.69) is 4.98 Å². The number of aromatic nitrogens is 2. The number of hydrogen-bond acceptors (Lipinski definition) is 2. The van der Waals surface area contributed by atoms with Crippen LogP contribution in [-0.2, 0) is 6.18 Å². The zero-order valence-corrected chi connectivity index (χ0v) is 11.1. The van der Waals surface area contributed by atoms with Gasteiger partial charge in [-0.25, -0.2) is 4.98 Å². The molecule has 0 aliphatic carbocycles. The molecule has 2 heterocycles. The summed E-state index contributed by atoms with van der Waals surface area (Å²) in [6, 6.07) is 11.4. The van der Waals surface area contributed by atoms with E-state index in [0.717, 1.165) is 4.40 Å². The second-order valence-corrected chi connectivity index (χ2v) is 4.47. The summed E-state index contributed by atoms with van der Waals surface area (Å²) in [6.07, 6.45) is -3.23. The van der Waals surface area contributed by atoms with Gasteiger partial charge in [0.2, 0.25) is 0 Å². The summed E-state index contributed by atoms with van der Waals surface area (Å²) in [4.78, 5) is 4.11. The molecule has 108 valence electrons. The number of fused-ring (bicyclic) bond motifs is 1. The average molecular weight is 292 g/mol. The van der Waals surface area contributed by atoms with E-state index < -0.39 is 11.9 Å². The van der Waals surface area contributed by atoms with Gasteiger partial charge in [0, 0.05) is 5.56 Å². The minimum Gasteiger partial charge on any atom is -0.495 e. The standard InChI is InChI=1S/C15H11F3N2O/c1-21-11-7-8-12-19-13(10-5-3-2-4-6-10)14(15(16,17)18)20(12)9-11/h2-9H,1H3. The predicted molar refractivity (Wildman–Crippen MR) is 72.2 cm³/mol. The van der Waals surface area contributed by atoms with Crippen LogP contribution >= 0.6 is 0 Å². The summed E-state index contributed by atoms with van der Waals surface area (Å²) in [5.74, 6) is 0.338. The highest BCUT2D eigenvalue weighted by Crippen LogP contribution is 2.37. The number of nitrogens with zero attached hydrogens (tertiary/aromatic N) is 2. The summed E-state index contributed by atoms with van der Waals surface area (Å²) in [7, 11) is 1.41. The Hall–Kier alpha value is -2.50. The molecule has 3 nitrogen and oxygen atoms in total. The molecule has 0 N–H and O–H groups in total. The van der Waals surface area contributed by atoms with Crippen LogP contribution < -0.4 is 4.74 Å². The van der Waals surface area contributed by atoms with Crippen LogP contribution in [0.4, 0.5) is 13.2 Å². The fraction of sp³-hybridized carbons (Fsp3) is 0.133. The van der Waals surface area contributed by atoms with E-state index in [4.69, 9.17) is 4.74 Å². The number of hydrogen-bond donors (Lipinski definition) is 0. The number of pyridine rings is 1. The number of ether oxygens (including phenoxy) is 1. The Morgan fingerprint density at radius 3 is 2.38 bits per heavy atom. The van der Waals surface area contributed by atoms with Crippen molar-refractivity contribution in [3.63, 3.8) is 0 Å². The lowest BCUT2D eigenvalue weighted by Gasteiger charge is -2.09. The van der Waals surface area contributed by atoms with Crippen molar-refractivity contribution >= 4 is 5.65 Å². The van der Waals surface area contributed by atoms with Gasteiger partial charge in [0.15, 0.2) is 5.69 Å². The van der Waals surface area contributed by atoms with Gasteiger partial charge < -0.3 is 4.74 Å². The Morgan fingerprint density at radius 1 is 1.05 bits per heavy atom. The molecule has 1 aromatic carbocycles. The molecule has 21 heavy (non-hydrogen) atoms. The first-order valence-electron chi connectivity index (χ1n) is 6.19. The van der Waals surface area contributed by atoms with Gasteiger partial charge in [-0.2, -0.15) is 13.2 Å². The molecule has 0 spiro atoms. The quantitative estimate of drug-likeness (QED) is 0.713. The molecule has 0 atom stereocenters. The van der Waals surface area contributed by atoms with Gasteiger partial charge in [-0.05, 0) is 12.1 Å². The van der Waals surface area contributed by atoms with Crippen molar-refractivity contribution in [2.24, 2.45) is 0 Å². The summed E-state index contributed by atoms with van der Waals surface area (Å²) in [5.41, 5.74) is -0.242. The maximum absolute atomic E-state index is 13.4. The van der Waals surface area contributed by atoms with Gasteiger partial charge in [0.05, 0.1) is 13.3 Å². The van der Waals surface area contributed by atoms with E-state index in [1.54, 1.807) is 36.4 Å². The highest BCUT2D eigenvalue weighted by Gasteiger charge is 2.38. The third kappa shape index (κ3) is 2.33. The molecule has 3 aromatic rings. The minimum atomic E-state index is -4.52. The summed E-state index contributed by atoms with van der Waals surface area (Å²) in [6.45, 7) is 0. The van der Waals surface area contributed by atoms with Crippen LogP contribution in [0.3, 0.4) is 0 Å². The average Bonchev–Trinajstić information content (AvgIpc) is 2.86. The van der Waals surface area contributed by atoms with Gasteiger partial charge in [-0.15, -0.1) is 0 Å². The lowest BCUT2D eigenvalue weighted by Crippen LogP contribution is -2.10. The van der Waals surface area contributed by atoms with Gasteiger partial charge in [-0.3, -0.25) is 4.40 Å². The Labute approximate surface area is 118 Å². The lowest BCUT2D eigenvalue weighted by molar-refractivity contribution is -0.141. The molecule has 3 rings (SSSR count). The van der Waals surface area contributed by atoms with E-state index in [1.807, 2.05) is 0 Å². The van der Waals surface area contributed by atoms with Crippen LogP contribution in [0.1, 0.15) is 5.69 Å². The molecular formula is C15H11F3N2O. The number of halogens is 3. The first-order valence-corrected chi connectivity index (χ1v) is 6.19. The largest absolute Gasteiger partial charge is 0.495 e. The van der Waals surface area contributed by atoms with Crippen LogP contribution in [0.25, 0.3) is 16.9 Å². The fourth-order valence-corrected chi connectivity index (χ4v) is 2.21. The first kappa shape index (κ1) is 13.5. The van der Waals surface area contributed by atoms with Crippen molar-refractivity contribution in [1.82, 2.24) is 9.38 Å². The Morgan fingerprint density at radius 2 is 1.76 bits per heavy atom. The second kappa shape index (κ2) is 4.80. The van der Waals surface area contributed by atoms with Crippen molar-refractivity contribution in [1.29, 1.82) is 0 Å². The zero-order chi connectivity index (χ0) is 15.0. The van der Waals surface area contributed by atoms with Crippen molar-refractivity contribution in [2.75, 3.05) is 7.11 Å². The van der Waals surface area contributed by atoms with E-state index in [-0.39, 0.29) is 11.3 Å². The summed E-state index contributed by atoms with van der Waals surface area (Å²) in [5, 5.41) is 0. The summed E-state index contributed by atoms with van der Waals surface area (Å²) >= 11 is 0. The zero-order valence-electron chi connectivity index (χ0n) is 11.1. The van der Waals surface area contributed by atoms with Crippen molar-refractivity contribution < 1.29 is 17.9 Å². The second-order valence-electron chi connectivity index (χ2n) is 4.47. The molecule has 0 amide bonds. The smallest absolute Gasteiger partial charge is 0.433 e. The van der Waals surface area contributed by atoms with E-state index in [0.29, 0.717) is 11.3 Å². The van der Waals surface area contributed by atoms with Gasteiger partial charge in [0.25, 0.3) is 0 Å². The van der Waals surface area contributed by atoms with Gasteiger partial charge in [0.1, 0.15) is 17.1 Å². The number of rotatable bonds is 2. The molecule has 0 radical (unpaired) electrons. The van der Waals surface area contributed by atoms with Gasteiger partial charge >= 0.3 is 6.18 Å². The number of methoxy groups -OCH3 is 1. The van der Waals surface area contributed by atoms with Crippen molar-refractivity contribution in [3.05, 3.63) is 54.4 Å². The molecule has 6 heteroatoms. The van der Waals surface area contributed by atoms with Crippen LogP contribution in [0, 0.1) is 0 Å². The molecule has 0 saturated heterocycles. The summed E-state index contributed by atoms with van der Waals surface area (Å²) < 4.78 is 46.3. The molecule has 0 fully saturated rings. The molecule has 0 bridgehead atoms. The minimum absolute atomic E-state index is 0.0867. The number of alkyl halides is 3. The lowest BCUT2D eigenvalue weighted by atomic mass is 10.1.